The molecule has 0 spiro atoms. The summed E-state index contributed by atoms with van der Waals surface area (Å²) in [6.45, 7) is 0. The van der Waals surface area contributed by atoms with Gasteiger partial charge in [0.05, 0.1) is 22.1 Å². The van der Waals surface area contributed by atoms with Crippen LogP contribution in [0.15, 0.2) is 352 Å². The quantitative estimate of drug-likeness (QED) is 0.114. The zero-order valence-electron chi connectivity index (χ0n) is 48.3. The molecule has 0 amide bonds. The van der Waals surface area contributed by atoms with Crippen LogP contribution in [0, 0.1) is 0 Å². The maximum Gasteiger partial charge on any atom is 0.0541 e. The van der Waals surface area contributed by atoms with Crippen LogP contribution in [0.5, 0.6) is 0 Å². The molecule has 88 heavy (non-hydrogen) atoms. The molecule has 0 aliphatic rings. The highest BCUT2D eigenvalue weighted by atomic mass is 15.2. The fourth-order valence-corrected chi connectivity index (χ4v) is 13.0. The van der Waals surface area contributed by atoms with Gasteiger partial charge in [0.1, 0.15) is 0 Å². The first-order valence-corrected chi connectivity index (χ1v) is 30.1. The molecule has 16 rings (SSSR count). The zero-order valence-corrected chi connectivity index (χ0v) is 48.3. The molecule has 414 valence electrons. The molecule has 0 saturated carbocycles. The molecule has 4 heteroatoms. The van der Waals surface area contributed by atoms with Gasteiger partial charge in [-0.05, 0) is 195 Å². The number of benzene rings is 14. The van der Waals surface area contributed by atoms with Gasteiger partial charge in [-0.3, -0.25) is 0 Å². The summed E-state index contributed by atoms with van der Waals surface area (Å²) in [6, 6.07) is 128. The topological polar surface area (TPSA) is 16.3 Å². The Labute approximate surface area is 512 Å². The summed E-state index contributed by atoms with van der Waals surface area (Å²) in [5.41, 5.74) is 25.2. The van der Waals surface area contributed by atoms with E-state index >= 15 is 0 Å². The van der Waals surface area contributed by atoms with Gasteiger partial charge >= 0.3 is 0 Å². The highest BCUT2D eigenvalue weighted by Crippen LogP contribution is 2.44. The number of aromatic nitrogens is 2. The number of nitrogens with zero attached hydrogens (tertiary/aromatic N) is 4. The van der Waals surface area contributed by atoms with Crippen LogP contribution in [0.1, 0.15) is 0 Å². The van der Waals surface area contributed by atoms with Crippen molar-refractivity contribution in [2.24, 2.45) is 0 Å². The van der Waals surface area contributed by atoms with E-state index in [-0.39, 0.29) is 0 Å². The normalized spacial score (nSPS) is 11.4. The minimum atomic E-state index is 1.05. The van der Waals surface area contributed by atoms with Gasteiger partial charge in [0.25, 0.3) is 0 Å². The lowest BCUT2D eigenvalue weighted by molar-refractivity contribution is 1.17. The predicted octanol–water partition coefficient (Wildman–Crippen LogP) is 23.2. The van der Waals surface area contributed by atoms with Crippen LogP contribution in [-0.4, -0.2) is 9.13 Å². The van der Waals surface area contributed by atoms with Crippen LogP contribution in [-0.2, 0) is 0 Å². The second-order valence-electron chi connectivity index (χ2n) is 22.5. The molecule has 2 heterocycles. The summed E-state index contributed by atoms with van der Waals surface area (Å²) in [6.07, 6.45) is 0. The van der Waals surface area contributed by atoms with Crippen molar-refractivity contribution in [3.8, 4) is 67.0 Å². The number of para-hydroxylation sites is 2. The molecule has 2 aromatic heterocycles. The number of hydrogen-bond donors (Lipinski definition) is 0. The van der Waals surface area contributed by atoms with Crippen molar-refractivity contribution in [2.75, 3.05) is 9.80 Å². The lowest BCUT2D eigenvalue weighted by atomic mass is 10.0. The summed E-state index contributed by atoms with van der Waals surface area (Å²) >= 11 is 0. The molecule has 0 radical (unpaired) electrons. The standard InChI is InChI=1S/C84H58N4/c1-7-20-59(21-8-1)65-38-50-81-77(54-65)78-55-66(60-22-9-2-10-23-60)39-51-82(78)87(81)73-44-36-64(37-45-73)63-34-42-71(43-35-63)85(69-28-15-5-16-29-69)75-32-19-33-76(58-75)86(70-30-17-6-18-31-70)72-46-48-74(49-47-72)88-83-52-40-67(61-24-11-3-12-25-61)56-79(83)80-57-68(41-53-84(80)88)62-26-13-4-14-27-62/h1-58H. The molecule has 0 unspecified atom stereocenters. The molecule has 14 aromatic carbocycles. The Bertz CT molecular complexity index is 4940. The molecule has 4 nitrogen and oxygen atoms in total. The van der Waals surface area contributed by atoms with Gasteiger partial charge < -0.3 is 18.9 Å². The van der Waals surface area contributed by atoms with E-state index in [9.17, 15) is 0 Å². The van der Waals surface area contributed by atoms with Gasteiger partial charge in [-0.2, -0.15) is 0 Å². The molecule has 0 atom stereocenters. The van der Waals surface area contributed by atoms with E-state index in [1.807, 2.05) is 0 Å². The van der Waals surface area contributed by atoms with Crippen LogP contribution < -0.4 is 9.80 Å². The van der Waals surface area contributed by atoms with Gasteiger partial charge in [-0.25, -0.2) is 0 Å². The van der Waals surface area contributed by atoms with Gasteiger partial charge in [0, 0.05) is 67.0 Å². The summed E-state index contributed by atoms with van der Waals surface area (Å²) in [5, 5.41) is 4.91. The summed E-state index contributed by atoms with van der Waals surface area (Å²) in [5.74, 6) is 0. The van der Waals surface area contributed by atoms with Crippen molar-refractivity contribution in [1.29, 1.82) is 0 Å². The van der Waals surface area contributed by atoms with E-state index < -0.39 is 0 Å². The van der Waals surface area contributed by atoms with Crippen molar-refractivity contribution < 1.29 is 0 Å². The van der Waals surface area contributed by atoms with Gasteiger partial charge in [0.2, 0.25) is 0 Å². The Hall–Kier alpha value is -11.7. The first-order chi connectivity index (χ1) is 43.6. The Morgan fingerprint density at radius 1 is 0.159 bits per heavy atom. The van der Waals surface area contributed by atoms with E-state index in [0.717, 1.165) is 56.6 Å². The minimum Gasteiger partial charge on any atom is -0.310 e. The Morgan fingerprint density at radius 2 is 0.386 bits per heavy atom. The van der Waals surface area contributed by atoms with Crippen LogP contribution in [0.3, 0.4) is 0 Å². The van der Waals surface area contributed by atoms with Gasteiger partial charge in [0.15, 0.2) is 0 Å². The maximum atomic E-state index is 2.42. The largest absolute Gasteiger partial charge is 0.310 e. The van der Waals surface area contributed by atoms with Crippen LogP contribution in [0.4, 0.5) is 34.1 Å². The average molecular weight is 1120 g/mol. The van der Waals surface area contributed by atoms with E-state index in [2.05, 4.69) is 371 Å². The second-order valence-corrected chi connectivity index (χ2v) is 22.5. The number of fused-ring (bicyclic) bond motifs is 6. The van der Waals surface area contributed by atoms with Crippen molar-refractivity contribution in [3.63, 3.8) is 0 Å². The van der Waals surface area contributed by atoms with E-state index in [1.54, 1.807) is 0 Å². The first-order valence-electron chi connectivity index (χ1n) is 30.1. The lowest BCUT2D eigenvalue weighted by Crippen LogP contribution is -2.13. The first kappa shape index (κ1) is 51.9. The third-order valence-corrected chi connectivity index (χ3v) is 17.3. The van der Waals surface area contributed by atoms with Gasteiger partial charge in [-0.15, -0.1) is 0 Å². The highest BCUT2D eigenvalue weighted by molar-refractivity contribution is 6.13. The third kappa shape index (κ3) is 9.56. The molecule has 0 N–H and O–H groups in total. The number of hydrogen-bond acceptors (Lipinski definition) is 2. The maximum absolute atomic E-state index is 2.42. The third-order valence-electron chi connectivity index (χ3n) is 17.3. The molecule has 0 aliphatic heterocycles. The summed E-state index contributed by atoms with van der Waals surface area (Å²) < 4.78 is 4.83. The monoisotopic (exact) mass is 1120 g/mol. The fraction of sp³-hybridized carbons (Fsp3) is 0. The molecule has 16 aromatic rings. The van der Waals surface area contributed by atoms with Crippen LogP contribution in [0.25, 0.3) is 111 Å². The van der Waals surface area contributed by atoms with Crippen molar-refractivity contribution >= 4 is 77.7 Å². The van der Waals surface area contributed by atoms with Crippen molar-refractivity contribution in [3.05, 3.63) is 352 Å². The smallest absolute Gasteiger partial charge is 0.0541 e. The summed E-state index contributed by atoms with van der Waals surface area (Å²) in [4.78, 5) is 4.71. The van der Waals surface area contributed by atoms with Crippen molar-refractivity contribution in [1.82, 2.24) is 9.13 Å². The lowest BCUT2D eigenvalue weighted by Gasteiger charge is -2.29. The Morgan fingerprint density at radius 3 is 0.705 bits per heavy atom. The number of rotatable bonds is 13. The summed E-state index contributed by atoms with van der Waals surface area (Å²) in [7, 11) is 0. The predicted molar refractivity (Wildman–Crippen MR) is 372 cm³/mol. The molecular formula is C84H58N4. The molecule has 0 aliphatic carbocycles. The average Bonchev–Trinajstić information content (AvgIpc) is 1.92. The molecule has 0 bridgehead atoms. The Kier molecular flexibility index (Phi) is 13.2. The minimum absolute atomic E-state index is 1.05. The van der Waals surface area contributed by atoms with Gasteiger partial charge in [-0.1, -0.05) is 212 Å². The second kappa shape index (κ2) is 22.4. The van der Waals surface area contributed by atoms with Crippen LogP contribution >= 0.6 is 0 Å². The SMILES string of the molecule is c1ccc(-c2ccc3c(c2)c2cc(-c4ccccc4)ccc2n3-c2ccc(-c3ccc(N(c4ccccc4)c4cccc(N(c5ccccc5)c5ccc(-n6c7ccc(-c8ccccc8)cc7c7cc(-c8ccccc8)ccc76)cc5)c4)cc3)cc2)cc1. The molecule has 0 fully saturated rings. The van der Waals surface area contributed by atoms with E-state index in [4.69, 9.17) is 0 Å². The molecule has 0 saturated heterocycles. The number of anilines is 6. The van der Waals surface area contributed by atoms with E-state index in [1.165, 1.54) is 88.1 Å². The zero-order chi connectivity index (χ0) is 58.3. The van der Waals surface area contributed by atoms with E-state index in [0.29, 0.717) is 0 Å². The van der Waals surface area contributed by atoms with Crippen molar-refractivity contribution in [2.45, 2.75) is 0 Å². The molecular weight excluding hydrogens is 1060 g/mol. The highest BCUT2D eigenvalue weighted by Gasteiger charge is 2.21. The van der Waals surface area contributed by atoms with Crippen LogP contribution in [0.2, 0.25) is 0 Å². The Balaban J connectivity index is 0.731. The fourth-order valence-electron chi connectivity index (χ4n) is 13.0.